The van der Waals surface area contributed by atoms with Gasteiger partial charge in [-0.15, -0.1) is 11.3 Å². The van der Waals surface area contributed by atoms with E-state index in [9.17, 15) is 0 Å². The Kier molecular flexibility index (Phi) is 3.70. The molecule has 2 aromatic heterocycles. The van der Waals surface area contributed by atoms with Crippen molar-refractivity contribution < 1.29 is 0 Å². The summed E-state index contributed by atoms with van der Waals surface area (Å²) in [5, 5.41) is 6.75. The Morgan fingerprint density at radius 1 is 1.50 bits per heavy atom. The third-order valence-corrected chi connectivity index (χ3v) is 4.61. The summed E-state index contributed by atoms with van der Waals surface area (Å²) in [4.78, 5) is 3.84. The zero-order valence-electron chi connectivity index (χ0n) is 12.2. The third-order valence-electron chi connectivity index (χ3n) is 3.75. The first-order valence-corrected chi connectivity index (χ1v) is 8.20. The molecule has 3 rings (SSSR count). The summed E-state index contributed by atoms with van der Waals surface area (Å²) >= 11 is 1.81. The van der Waals surface area contributed by atoms with Gasteiger partial charge in [-0.3, -0.25) is 0 Å². The van der Waals surface area contributed by atoms with Crippen LogP contribution in [0.1, 0.15) is 36.8 Å². The molecule has 20 heavy (non-hydrogen) atoms. The minimum absolute atomic E-state index is 0.631. The third kappa shape index (κ3) is 2.54. The fourth-order valence-corrected chi connectivity index (χ4v) is 3.29. The number of anilines is 2. The molecule has 4 nitrogen and oxygen atoms in total. The Hall–Kier alpha value is -1.49. The van der Waals surface area contributed by atoms with Gasteiger partial charge >= 0.3 is 0 Å². The maximum absolute atomic E-state index is 6.31. The highest BCUT2D eigenvalue weighted by Crippen LogP contribution is 2.37. The van der Waals surface area contributed by atoms with Gasteiger partial charge in [0.25, 0.3) is 0 Å². The molecule has 0 aliphatic heterocycles. The summed E-state index contributed by atoms with van der Waals surface area (Å²) < 4.78 is 2.09. The van der Waals surface area contributed by atoms with Crippen molar-refractivity contribution in [3.63, 3.8) is 0 Å². The first-order valence-electron chi connectivity index (χ1n) is 7.32. The van der Waals surface area contributed by atoms with Crippen LogP contribution in [0.3, 0.4) is 0 Å². The van der Waals surface area contributed by atoms with Crippen molar-refractivity contribution in [3.05, 3.63) is 28.1 Å². The lowest BCUT2D eigenvalue weighted by molar-refractivity contribution is 0.582. The van der Waals surface area contributed by atoms with Crippen molar-refractivity contribution in [1.82, 2.24) is 9.78 Å². The molecule has 108 valence electrons. The van der Waals surface area contributed by atoms with E-state index in [1.54, 1.807) is 0 Å². The van der Waals surface area contributed by atoms with Crippen molar-refractivity contribution in [1.29, 1.82) is 0 Å². The van der Waals surface area contributed by atoms with Crippen LogP contribution < -0.4 is 10.6 Å². The van der Waals surface area contributed by atoms with E-state index in [0.717, 1.165) is 36.7 Å². The summed E-state index contributed by atoms with van der Waals surface area (Å²) in [6.45, 7) is 6.06. The SMILES string of the molecule is CCCn1nc(C)c(N)c1N(Cc1cccs1)C1CC1. The van der Waals surface area contributed by atoms with Gasteiger partial charge in [0.15, 0.2) is 5.82 Å². The fourth-order valence-electron chi connectivity index (χ4n) is 2.59. The molecule has 1 fully saturated rings. The number of nitrogen functional groups attached to an aromatic ring is 1. The lowest BCUT2D eigenvalue weighted by atomic mass is 10.3. The fraction of sp³-hybridized carbons (Fsp3) is 0.533. The molecule has 2 aromatic rings. The van der Waals surface area contributed by atoms with E-state index in [-0.39, 0.29) is 0 Å². The second kappa shape index (κ2) is 5.48. The van der Waals surface area contributed by atoms with Crippen LogP contribution in [0, 0.1) is 6.92 Å². The smallest absolute Gasteiger partial charge is 0.151 e. The molecular weight excluding hydrogens is 268 g/mol. The van der Waals surface area contributed by atoms with E-state index >= 15 is 0 Å². The van der Waals surface area contributed by atoms with Gasteiger partial charge in [-0.05, 0) is 37.6 Å². The number of rotatable bonds is 6. The first-order chi connectivity index (χ1) is 9.70. The zero-order chi connectivity index (χ0) is 14.1. The van der Waals surface area contributed by atoms with Crippen LogP contribution in [0.15, 0.2) is 17.5 Å². The lowest BCUT2D eigenvalue weighted by Crippen LogP contribution is -2.28. The average Bonchev–Trinajstić information content (AvgIpc) is 3.08. The first kappa shape index (κ1) is 13.5. The number of thiophene rings is 1. The number of hydrogen-bond acceptors (Lipinski definition) is 4. The van der Waals surface area contributed by atoms with E-state index < -0.39 is 0 Å². The molecule has 0 saturated heterocycles. The molecule has 1 aliphatic rings. The van der Waals surface area contributed by atoms with E-state index in [1.165, 1.54) is 17.7 Å². The highest BCUT2D eigenvalue weighted by atomic mass is 32.1. The zero-order valence-corrected chi connectivity index (χ0v) is 13.0. The van der Waals surface area contributed by atoms with Gasteiger partial charge in [-0.2, -0.15) is 5.10 Å². The maximum Gasteiger partial charge on any atom is 0.151 e. The summed E-state index contributed by atoms with van der Waals surface area (Å²) in [5.74, 6) is 1.13. The Labute approximate surface area is 124 Å². The van der Waals surface area contributed by atoms with Crippen LogP contribution in [0.25, 0.3) is 0 Å². The van der Waals surface area contributed by atoms with Gasteiger partial charge in [-0.25, -0.2) is 4.68 Å². The molecule has 2 heterocycles. The largest absolute Gasteiger partial charge is 0.394 e. The van der Waals surface area contributed by atoms with Crippen LogP contribution in [0.4, 0.5) is 11.5 Å². The lowest BCUT2D eigenvalue weighted by Gasteiger charge is -2.25. The minimum atomic E-state index is 0.631. The van der Waals surface area contributed by atoms with Crippen LogP contribution in [-0.4, -0.2) is 15.8 Å². The van der Waals surface area contributed by atoms with Crippen molar-refractivity contribution >= 4 is 22.8 Å². The van der Waals surface area contributed by atoms with E-state index in [1.807, 2.05) is 18.3 Å². The molecule has 1 saturated carbocycles. The summed E-state index contributed by atoms with van der Waals surface area (Å²) in [5.41, 5.74) is 8.11. The Balaban J connectivity index is 1.94. The van der Waals surface area contributed by atoms with Gasteiger partial charge in [-0.1, -0.05) is 13.0 Å². The standard InChI is InChI=1S/C15H22N4S/c1-3-8-19-15(14(16)11(2)17-19)18(12-6-7-12)10-13-5-4-9-20-13/h4-5,9,12H,3,6-8,10,16H2,1-2H3. The Bertz CT molecular complexity index is 569. The second-order valence-corrected chi connectivity index (χ2v) is 6.52. The van der Waals surface area contributed by atoms with Gasteiger partial charge in [0.1, 0.15) is 0 Å². The highest BCUT2D eigenvalue weighted by molar-refractivity contribution is 7.09. The monoisotopic (exact) mass is 290 g/mol. The Morgan fingerprint density at radius 3 is 2.90 bits per heavy atom. The number of aryl methyl sites for hydroxylation is 2. The molecule has 0 atom stereocenters. The Morgan fingerprint density at radius 2 is 2.30 bits per heavy atom. The molecule has 0 aromatic carbocycles. The molecule has 0 unspecified atom stereocenters. The molecule has 0 bridgehead atoms. The summed E-state index contributed by atoms with van der Waals surface area (Å²) in [6.07, 6.45) is 3.60. The highest BCUT2D eigenvalue weighted by Gasteiger charge is 2.33. The van der Waals surface area contributed by atoms with E-state index in [2.05, 4.69) is 39.1 Å². The molecule has 0 radical (unpaired) electrons. The summed E-state index contributed by atoms with van der Waals surface area (Å²) in [6, 6.07) is 4.94. The van der Waals surface area contributed by atoms with Gasteiger partial charge in [0.05, 0.1) is 17.9 Å². The molecule has 1 aliphatic carbocycles. The average molecular weight is 290 g/mol. The predicted octanol–water partition coefficient (Wildman–Crippen LogP) is 3.41. The molecule has 0 spiro atoms. The number of aromatic nitrogens is 2. The second-order valence-electron chi connectivity index (χ2n) is 5.48. The van der Waals surface area contributed by atoms with Crippen LogP contribution >= 0.6 is 11.3 Å². The predicted molar refractivity (Wildman–Crippen MR) is 85.2 cm³/mol. The molecule has 5 heteroatoms. The van der Waals surface area contributed by atoms with Gasteiger partial charge in [0.2, 0.25) is 0 Å². The molecule has 2 N–H and O–H groups in total. The van der Waals surface area contributed by atoms with Crippen molar-refractivity contribution in [2.45, 2.75) is 52.2 Å². The summed E-state index contributed by atoms with van der Waals surface area (Å²) in [7, 11) is 0. The minimum Gasteiger partial charge on any atom is -0.394 e. The van der Waals surface area contributed by atoms with E-state index in [4.69, 9.17) is 5.73 Å². The number of hydrogen-bond donors (Lipinski definition) is 1. The normalized spacial score (nSPS) is 14.7. The van der Waals surface area contributed by atoms with E-state index in [0.29, 0.717) is 6.04 Å². The number of nitrogens with zero attached hydrogens (tertiary/aromatic N) is 3. The topological polar surface area (TPSA) is 47.1 Å². The quantitative estimate of drug-likeness (QED) is 0.887. The molecular formula is C15H22N4S. The molecule has 0 amide bonds. The van der Waals surface area contributed by atoms with Crippen LogP contribution in [-0.2, 0) is 13.1 Å². The van der Waals surface area contributed by atoms with Crippen LogP contribution in [0.2, 0.25) is 0 Å². The maximum atomic E-state index is 6.31. The van der Waals surface area contributed by atoms with Crippen molar-refractivity contribution in [3.8, 4) is 0 Å². The number of nitrogens with two attached hydrogens (primary N) is 1. The van der Waals surface area contributed by atoms with Gasteiger partial charge in [0, 0.05) is 17.5 Å². The van der Waals surface area contributed by atoms with Crippen molar-refractivity contribution in [2.24, 2.45) is 0 Å². The van der Waals surface area contributed by atoms with Crippen molar-refractivity contribution in [2.75, 3.05) is 10.6 Å². The van der Waals surface area contributed by atoms with Gasteiger partial charge < -0.3 is 10.6 Å². The van der Waals surface area contributed by atoms with Crippen LogP contribution in [0.5, 0.6) is 0 Å².